The highest BCUT2D eigenvalue weighted by Gasteiger charge is 2.11. The van der Waals surface area contributed by atoms with Crippen molar-refractivity contribution in [1.29, 1.82) is 0 Å². The van der Waals surface area contributed by atoms with E-state index in [0.29, 0.717) is 5.92 Å². The summed E-state index contributed by atoms with van der Waals surface area (Å²) < 4.78 is 0. The molecule has 1 radical (unpaired) electrons. The smallest absolute Gasteiger partial charge is 0.0205 e. The van der Waals surface area contributed by atoms with Crippen molar-refractivity contribution in [2.45, 2.75) is 5.92 Å². The van der Waals surface area contributed by atoms with Crippen LogP contribution in [-0.4, -0.2) is 0 Å². The van der Waals surface area contributed by atoms with Gasteiger partial charge in [-0.2, -0.15) is 0 Å². The Balaban J connectivity index is 2.53. The number of benzene rings is 1. The van der Waals surface area contributed by atoms with Gasteiger partial charge in [0, 0.05) is 5.92 Å². The minimum Gasteiger partial charge on any atom is -0.102 e. The summed E-state index contributed by atoms with van der Waals surface area (Å²) >= 11 is 0. The van der Waals surface area contributed by atoms with Gasteiger partial charge in [-0.1, -0.05) is 30.4 Å². The van der Waals surface area contributed by atoms with E-state index in [2.05, 4.69) is 30.9 Å². The van der Waals surface area contributed by atoms with E-state index in [4.69, 9.17) is 0 Å². The van der Waals surface area contributed by atoms with Gasteiger partial charge < -0.3 is 0 Å². The highest BCUT2D eigenvalue weighted by atomic mass is 14.2. The first-order chi connectivity index (χ1) is 5.42. The molecule has 11 heavy (non-hydrogen) atoms. The molecular formula is C11H9. The molecule has 0 aliphatic heterocycles. The first kappa shape index (κ1) is 6.41. The largest absolute Gasteiger partial charge is 0.102 e. The zero-order valence-electron chi connectivity index (χ0n) is 6.25. The van der Waals surface area contributed by atoms with Crippen LogP contribution in [0.5, 0.6) is 0 Å². The number of fused-ring (bicyclic) bond motifs is 1. The molecule has 0 nitrogen and oxygen atoms in total. The van der Waals surface area contributed by atoms with Crippen LogP contribution in [0.4, 0.5) is 0 Å². The standard InChI is InChI=1S/C11H9/c1-2-9-7-8-10-5-3-4-6-11(9)10/h2,4-9H,1H2. The second-order valence-corrected chi connectivity index (χ2v) is 2.68. The van der Waals surface area contributed by atoms with Gasteiger partial charge in [-0.3, -0.25) is 0 Å². The molecule has 2 rings (SSSR count). The molecule has 0 spiro atoms. The molecule has 1 unspecified atom stereocenters. The van der Waals surface area contributed by atoms with Crippen LogP contribution >= 0.6 is 0 Å². The molecule has 0 saturated heterocycles. The SMILES string of the molecule is C=CC1C=Cc2c[c]ccc21. The van der Waals surface area contributed by atoms with Gasteiger partial charge in [0.1, 0.15) is 0 Å². The first-order valence-electron chi connectivity index (χ1n) is 3.72. The summed E-state index contributed by atoms with van der Waals surface area (Å²) in [5.41, 5.74) is 2.62. The molecule has 1 aromatic carbocycles. The van der Waals surface area contributed by atoms with Crippen molar-refractivity contribution in [2.75, 3.05) is 0 Å². The van der Waals surface area contributed by atoms with Gasteiger partial charge in [0.05, 0.1) is 0 Å². The van der Waals surface area contributed by atoms with Crippen LogP contribution < -0.4 is 0 Å². The van der Waals surface area contributed by atoms with Gasteiger partial charge in [-0.15, -0.1) is 6.58 Å². The third-order valence-electron chi connectivity index (χ3n) is 2.03. The van der Waals surface area contributed by atoms with E-state index >= 15 is 0 Å². The Kier molecular flexibility index (Phi) is 1.39. The van der Waals surface area contributed by atoms with Crippen LogP contribution in [0.2, 0.25) is 0 Å². The number of allylic oxidation sites excluding steroid dienone is 2. The lowest BCUT2D eigenvalue weighted by Gasteiger charge is -2.02. The van der Waals surface area contributed by atoms with Gasteiger partial charge in [0.2, 0.25) is 0 Å². The lowest BCUT2D eigenvalue weighted by molar-refractivity contribution is 1.12. The molecular weight excluding hydrogens is 132 g/mol. The van der Waals surface area contributed by atoms with E-state index in [1.165, 1.54) is 11.1 Å². The Morgan fingerprint density at radius 2 is 2.45 bits per heavy atom. The Hall–Kier alpha value is -1.30. The monoisotopic (exact) mass is 141 g/mol. The summed E-state index contributed by atoms with van der Waals surface area (Å²) in [6.07, 6.45) is 6.24. The van der Waals surface area contributed by atoms with Crippen molar-refractivity contribution in [1.82, 2.24) is 0 Å². The molecule has 0 amide bonds. The average molecular weight is 141 g/mol. The van der Waals surface area contributed by atoms with Gasteiger partial charge >= 0.3 is 0 Å². The second-order valence-electron chi connectivity index (χ2n) is 2.68. The van der Waals surface area contributed by atoms with Gasteiger partial charge in [0.25, 0.3) is 0 Å². The molecule has 1 aromatic rings. The molecule has 0 bridgehead atoms. The predicted octanol–water partition coefficient (Wildman–Crippen LogP) is 2.78. The van der Waals surface area contributed by atoms with Gasteiger partial charge in [-0.25, -0.2) is 0 Å². The molecule has 0 heteroatoms. The number of hydrogen-bond acceptors (Lipinski definition) is 0. The minimum absolute atomic E-state index is 0.416. The summed E-state index contributed by atoms with van der Waals surface area (Å²) in [7, 11) is 0. The third kappa shape index (κ3) is 0.911. The summed E-state index contributed by atoms with van der Waals surface area (Å²) in [6, 6.07) is 9.11. The molecule has 53 valence electrons. The van der Waals surface area contributed by atoms with Crippen molar-refractivity contribution in [3.05, 3.63) is 54.1 Å². The Morgan fingerprint density at radius 1 is 1.55 bits per heavy atom. The van der Waals surface area contributed by atoms with Crippen molar-refractivity contribution in [3.8, 4) is 0 Å². The van der Waals surface area contributed by atoms with Crippen LogP contribution in [0.1, 0.15) is 17.0 Å². The topological polar surface area (TPSA) is 0 Å². The lowest BCUT2D eigenvalue weighted by Crippen LogP contribution is -1.86. The Labute approximate surface area is 66.9 Å². The van der Waals surface area contributed by atoms with Crippen molar-refractivity contribution < 1.29 is 0 Å². The molecule has 1 aliphatic rings. The maximum Gasteiger partial charge on any atom is 0.0205 e. The van der Waals surface area contributed by atoms with Crippen LogP contribution in [0.3, 0.4) is 0 Å². The number of rotatable bonds is 1. The normalized spacial score (nSPS) is 19.8. The van der Waals surface area contributed by atoms with E-state index in [9.17, 15) is 0 Å². The molecule has 1 aliphatic carbocycles. The predicted molar refractivity (Wildman–Crippen MR) is 47.3 cm³/mol. The Morgan fingerprint density at radius 3 is 3.27 bits per heavy atom. The van der Waals surface area contributed by atoms with Crippen LogP contribution in [-0.2, 0) is 0 Å². The van der Waals surface area contributed by atoms with Gasteiger partial charge in [0.15, 0.2) is 0 Å². The fourth-order valence-electron chi connectivity index (χ4n) is 1.42. The van der Waals surface area contributed by atoms with Crippen LogP contribution in [0.25, 0.3) is 6.08 Å². The fourth-order valence-corrected chi connectivity index (χ4v) is 1.42. The fraction of sp³-hybridized carbons (Fsp3) is 0.0909. The molecule has 0 N–H and O–H groups in total. The quantitative estimate of drug-likeness (QED) is 0.527. The highest BCUT2D eigenvalue weighted by Crippen LogP contribution is 2.29. The van der Waals surface area contributed by atoms with Gasteiger partial charge in [-0.05, 0) is 23.3 Å². The summed E-state index contributed by atoms with van der Waals surface area (Å²) in [6.45, 7) is 3.78. The zero-order valence-corrected chi connectivity index (χ0v) is 6.25. The van der Waals surface area contributed by atoms with E-state index in [1.54, 1.807) is 0 Å². The highest BCUT2D eigenvalue weighted by molar-refractivity contribution is 5.63. The maximum atomic E-state index is 3.78. The zero-order chi connectivity index (χ0) is 7.68. The minimum atomic E-state index is 0.416. The van der Waals surface area contributed by atoms with Crippen molar-refractivity contribution in [2.24, 2.45) is 0 Å². The molecule has 0 saturated carbocycles. The van der Waals surface area contributed by atoms with E-state index < -0.39 is 0 Å². The molecule has 1 atom stereocenters. The molecule has 0 aromatic heterocycles. The van der Waals surface area contributed by atoms with Crippen molar-refractivity contribution in [3.63, 3.8) is 0 Å². The van der Waals surface area contributed by atoms with E-state index in [0.717, 1.165) is 0 Å². The summed E-state index contributed by atoms with van der Waals surface area (Å²) in [5.74, 6) is 0.416. The Bertz CT molecular complexity index is 308. The van der Waals surface area contributed by atoms with E-state index in [-0.39, 0.29) is 0 Å². The lowest BCUT2D eigenvalue weighted by atomic mass is 10.0. The van der Waals surface area contributed by atoms with Crippen molar-refractivity contribution >= 4 is 6.08 Å². The first-order valence-corrected chi connectivity index (χ1v) is 3.72. The molecule has 0 fully saturated rings. The van der Waals surface area contributed by atoms with Crippen LogP contribution in [0.15, 0.2) is 36.9 Å². The second kappa shape index (κ2) is 2.39. The van der Waals surface area contributed by atoms with E-state index in [1.807, 2.05) is 18.2 Å². The average Bonchev–Trinajstić information content (AvgIpc) is 2.47. The maximum absolute atomic E-state index is 3.78. The summed E-state index contributed by atoms with van der Waals surface area (Å²) in [4.78, 5) is 0. The summed E-state index contributed by atoms with van der Waals surface area (Å²) in [5, 5.41) is 0. The molecule has 0 heterocycles. The number of hydrogen-bond donors (Lipinski definition) is 0. The van der Waals surface area contributed by atoms with Crippen LogP contribution in [0, 0.1) is 6.07 Å². The third-order valence-corrected chi connectivity index (χ3v) is 2.03.